The number of carbonyl (C=O) groups is 1. The molecule has 0 saturated heterocycles. The van der Waals surface area contributed by atoms with Crippen LogP contribution in [0.5, 0.6) is 0 Å². The van der Waals surface area contributed by atoms with Gasteiger partial charge in [0.1, 0.15) is 5.41 Å². The summed E-state index contributed by atoms with van der Waals surface area (Å²) in [5.74, 6) is 0.163. The first kappa shape index (κ1) is 14.6. The Hall–Kier alpha value is -2.35. The Kier molecular flexibility index (Phi) is 3.84. The third-order valence-corrected chi connectivity index (χ3v) is 4.54. The number of hydrogen-bond acceptors (Lipinski definition) is 2. The SMILES string of the molecule is CCCCC1=C(N)C(c2ccccc2)(c2ccccc2)C1=O. The number of rotatable bonds is 5. The van der Waals surface area contributed by atoms with Gasteiger partial charge in [0.2, 0.25) is 0 Å². The van der Waals surface area contributed by atoms with Crippen LogP contribution in [0.3, 0.4) is 0 Å². The second-order valence-corrected chi connectivity index (χ2v) is 5.81. The van der Waals surface area contributed by atoms with E-state index in [0.717, 1.165) is 41.7 Å². The zero-order valence-corrected chi connectivity index (χ0v) is 12.9. The first-order valence-corrected chi connectivity index (χ1v) is 7.87. The van der Waals surface area contributed by atoms with Gasteiger partial charge in [0.15, 0.2) is 5.78 Å². The molecule has 2 aromatic carbocycles. The van der Waals surface area contributed by atoms with Crippen molar-refractivity contribution in [3.05, 3.63) is 83.1 Å². The van der Waals surface area contributed by atoms with E-state index in [1.54, 1.807) is 0 Å². The molecule has 0 spiro atoms. The molecule has 0 atom stereocenters. The molecular formula is C20H21NO. The quantitative estimate of drug-likeness (QED) is 0.906. The maximum atomic E-state index is 13.1. The number of carbonyl (C=O) groups excluding carboxylic acids is 1. The summed E-state index contributed by atoms with van der Waals surface area (Å²) in [6.07, 6.45) is 2.84. The summed E-state index contributed by atoms with van der Waals surface area (Å²) in [7, 11) is 0. The van der Waals surface area contributed by atoms with Crippen molar-refractivity contribution in [2.45, 2.75) is 31.6 Å². The molecule has 2 N–H and O–H groups in total. The second kappa shape index (κ2) is 5.80. The van der Waals surface area contributed by atoms with Crippen molar-refractivity contribution in [3.63, 3.8) is 0 Å². The number of nitrogens with two attached hydrogens (primary N) is 1. The summed E-state index contributed by atoms with van der Waals surface area (Å²) >= 11 is 0. The zero-order valence-electron chi connectivity index (χ0n) is 12.9. The molecular weight excluding hydrogens is 270 g/mol. The normalized spacial score (nSPS) is 16.5. The van der Waals surface area contributed by atoms with Crippen molar-refractivity contribution in [3.8, 4) is 0 Å². The second-order valence-electron chi connectivity index (χ2n) is 5.81. The number of Topliss-reactive ketones (excluding diaryl/α,β-unsaturated/α-hetero) is 1. The Morgan fingerprint density at radius 2 is 1.41 bits per heavy atom. The Balaban J connectivity index is 2.16. The van der Waals surface area contributed by atoms with Gasteiger partial charge in [0.05, 0.1) is 0 Å². The van der Waals surface area contributed by atoms with Crippen molar-refractivity contribution in [2.24, 2.45) is 5.73 Å². The van der Waals surface area contributed by atoms with Crippen LogP contribution in [0.15, 0.2) is 71.9 Å². The first-order valence-electron chi connectivity index (χ1n) is 7.87. The van der Waals surface area contributed by atoms with Crippen LogP contribution in [0, 0.1) is 0 Å². The summed E-state index contributed by atoms with van der Waals surface area (Å²) in [5.41, 5.74) is 9.13. The summed E-state index contributed by atoms with van der Waals surface area (Å²) in [6.45, 7) is 2.13. The minimum atomic E-state index is -0.786. The van der Waals surface area contributed by atoms with Crippen LogP contribution in [0.4, 0.5) is 0 Å². The molecule has 0 radical (unpaired) electrons. The Labute approximate surface area is 131 Å². The minimum absolute atomic E-state index is 0.163. The molecule has 0 fully saturated rings. The van der Waals surface area contributed by atoms with E-state index in [1.807, 2.05) is 60.7 Å². The van der Waals surface area contributed by atoms with Crippen molar-refractivity contribution in [1.82, 2.24) is 0 Å². The maximum absolute atomic E-state index is 13.1. The fourth-order valence-electron chi connectivity index (χ4n) is 3.35. The van der Waals surface area contributed by atoms with E-state index in [1.165, 1.54) is 0 Å². The highest BCUT2D eigenvalue weighted by Gasteiger charge is 2.54. The highest BCUT2D eigenvalue weighted by Crippen LogP contribution is 2.49. The lowest BCUT2D eigenvalue weighted by Gasteiger charge is -2.43. The van der Waals surface area contributed by atoms with Gasteiger partial charge in [0.25, 0.3) is 0 Å². The average molecular weight is 291 g/mol. The highest BCUT2D eigenvalue weighted by molar-refractivity contribution is 6.16. The lowest BCUT2D eigenvalue weighted by atomic mass is 9.58. The third-order valence-electron chi connectivity index (χ3n) is 4.54. The summed E-state index contributed by atoms with van der Waals surface area (Å²) in [5, 5.41) is 0. The average Bonchev–Trinajstić information content (AvgIpc) is 2.58. The third kappa shape index (κ3) is 1.98. The van der Waals surface area contributed by atoms with Crippen molar-refractivity contribution < 1.29 is 4.79 Å². The topological polar surface area (TPSA) is 43.1 Å². The van der Waals surface area contributed by atoms with Gasteiger partial charge in [-0.05, 0) is 24.0 Å². The molecule has 2 heteroatoms. The van der Waals surface area contributed by atoms with Gasteiger partial charge in [-0.1, -0.05) is 74.0 Å². The van der Waals surface area contributed by atoms with E-state index in [-0.39, 0.29) is 5.78 Å². The van der Waals surface area contributed by atoms with Gasteiger partial charge < -0.3 is 5.73 Å². The molecule has 2 aromatic rings. The Bertz CT molecular complexity index is 662. The predicted octanol–water partition coefficient (Wildman–Crippen LogP) is 3.96. The van der Waals surface area contributed by atoms with Crippen molar-refractivity contribution >= 4 is 5.78 Å². The number of hydrogen-bond donors (Lipinski definition) is 1. The van der Waals surface area contributed by atoms with Gasteiger partial charge in [-0.3, -0.25) is 4.79 Å². The van der Waals surface area contributed by atoms with Crippen LogP contribution >= 0.6 is 0 Å². The van der Waals surface area contributed by atoms with Crippen LogP contribution in [0.1, 0.15) is 37.3 Å². The van der Waals surface area contributed by atoms with E-state index in [2.05, 4.69) is 6.92 Å². The zero-order chi connectivity index (χ0) is 15.6. The molecule has 0 heterocycles. The van der Waals surface area contributed by atoms with E-state index in [9.17, 15) is 4.79 Å². The van der Waals surface area contributed by atoms with E-state index >= 15 is 0 Å². The minimum Gasteiger partial charge on any atom is -0.400 e. The van der Waals surface area contributed by atoms with Gasteiger partial charge in [-0.2, -0.15) is 0 Å². The molecule has 112 valence electrons. The molecule has 3 rings (SSSR count). The number of unbranched alkanes of at least 4 members (excludes halogenated alkanes) is 1. The van der Waals surface area contributed by atoms with Crippen molar-refractivity contribution in [1.29, 1.82) is 0 Å². The summed E-state index contributed by atoms with van der Waals surface area (Å²) in [6, 6.07) is 19.8. The molecule has 2 nitrogen and oxygen atoms in total. The standard InChI is InChI=1S/C20H21NO/c1-2-3-14-17-18(21)20(19(17)22,15-10-6-4-7-11-15)16-12-8-5-9-13-16/h4-13H,2-3,14,21H2,1H3. The van der Waals surface area contributed by atoms with Crippen molar-refractivity contribution in [2.75, 3.05) is 0 Å². The number of allylic oxidation sites excluding steroid dienone is 2. The lowest BCUT2D eigenvalue weighted by Crippen LogP contribution is -2.52. The number of ketones is 1. The lowest BCUT2D eigenvalue weighted by molar-refractivity contribution is -0.121. The summed E-state index contributed by atoms with van der Waals surface area (Å²) in [4.78, 5) is 13.1. The summed E-state index contributed by atoms with van der Waals surface area (Å²) < 4.78 is 0. The van der Waals surface area contributed by atoms with E-state index in [0.29, 0.717) is 0 Å². The van der Waals surface area contributed by atoms with E-state index < -0.39 is 5.41 Å². The van der Waals surface area contributed by atoms with Crippen LogP contribution in [0.2, 0.25) is 0 Å². The molecule has 1 aliphatic carbocycles. The van der Waals surface area contributed by atoms with Crippen LogP contribution < -0.4 is 5.73 Å². The van der Waals surface area contributed by atoms with Gasteiger partial charge in [0, 0.05) is 11.3 Å². The fraction of sp³-hybridized carbons (Fsp3) is 0.250. The Morgan fingerprint density at radius 1 is 0.909 bits per heavy atom. The maximum Gasteiger partial charge on any atom is 0.181 e. The van der Waals surface area contributed by atoms with Gasteiger partial charge in [-0.15, -0.1) is 0 Å². The molecule has 0 saturated carbocycles. The Morgan fingerprint density at radius 3 is 1.82 bits per heavy atom. The molecule has 0 bridgehead atoms. The molecule has 22 heavy (non-hydrogen) atoms. The smallest absolute Gasteiger partial charge is 0.181 e. The fourth-order valence-corrected chi connectivity index (χ4v) is 3.35. The molecule has 0 aliphatic heterocycles. The van der Waals surface area contributed by atoms with Crippen LogP contribution in [-0.4, -0.2) is 5.78 Å². The highest BCUT2D eigenvalue weighted by atomic mass is 16.1. The molecule has 0 unspecified atom stereocenters. The number of benzene rings is 2. The molecule has 0 aromatic heterocycles. The van der Waals surface area contributed by atoms with E-state index in [4.69, 9.17) is 5.73 Å². The van der Waals surface area contributed by atoms with Gasteiger partial charge in [-0.25, -0.2) is 0 Å². The predicted molar refractivity (Wildman–Crippen MR) is 89.4 cm³/mol. The van der Waals surface area contributed by atoms with Gasteiger partial charge >= 0.3 is 0 Å². The molecule has 0 amide bonds. The largest absolute Gasteiger partial charge is 0.400 e. The van der Waals surface area contributed by atoms with Crippen LogP contribution in [0.25, 0.3) is 0 Å². The first-order chi connectivity index (χ1) is 10.7. The van der Waals surface area contributed by atoms with Crippen LogP contribution in [-0.2, 0) is 10.2 Å². The molecule has 1 aliphatic rings. The monoisotopic (exact) mass is 291 g/mol.